The van der Waals surface area contributed by atoms with E-state index in [2.05, 4.69) is 6.58 Å². The van der Waals surface area contributed by atoms with Crippen LogP contribution in [0.25, 0.3) is 0 Å². The maximum absolute atomic E-state index is 11.5. The number of hydrogen-bond acceptors (Lipinski definition) is 1. The predicted octanol–water partition coefficient (Wildman–Crippen LogP) is 1.78. The maximum atomic E-state index is 11.5. The van der Waals surface area contributed by atoms with Gasteiger partial charge in [0.05, 0.1) is 0 Å². The van der Waals surface area contributed by atoms with Crippen LogP contribution in [0.15, 0.2) is 12.8 Å². The highest BCUT2D eigenvalue weighted by Crippen LogP contribution is 2.34. The van der Waals surface area contributed by atoms with Crippen molar-refractivity contribution in [1.82, 2.24) is 4.90 Å². The van der Waals surface area contributed by atoms with Crippen LogP contribution in [0.1, 0.15) is 27.2 Å². The Morgan fingerprint density at radius 3 is 2.45 bits per heavy atom. The van der Waals surface area contributed by atoms with Crippen molar-refractivity contribution in [3.8, 4) is 0 Å². The number of hydrogen-bond donors (Lipinski definition) is 0. The first-order chi connectivity index (χ1) is 4.99. The van der Waals surface area contributed by atoms with Crippen LogP contribution in [0.2, 0.25) is 0 Å². The molecule has 0 N–H and O–H groups in total. The lowest BCUT2D eigenvalue weighted by Crippen LogP contribution is -2.28. The molecule has 0 aliphatic carbocycles. The van der Waals surface area contributed by atoms with Gasteiger partial charge in [-0.15, -0.1) is 0 Å². The SMILES string of the molecule is C=CN1C(=O)C(C)(C)CC1C. The molecule has 0 saturated carbocycles. The van der Waals surface area contributed by atoms with Gasteiger partial charge >= 0.3 is 0 Å². The van der Waals surface area contributed by atoms with Gasteiger partial charge in [0, 0.05) is 11.5 Å². The summed E-state index contributed by atoms with van der Waals surface area (Å²) in [7, 11) is 0. The molecule has 62 valence electrons. The molecule has 1 aliphatic rings. The smallest absolute Gasteiger partial charge is 0.232 e. The summed E-state index contributed by atoms with van der Waals surface area (Å²) in [6, 6.07) is 0.315. The van der Waals surface area contributed by atoms with Gasteiger partial charge < -0.3 is 4.90 Å². The minimum absolute atomic E-state index is 0.187. The van der Waals surface area contributed by atoms with E-state index in [0.717, 1.165) is 6.42 Å². The maximum Gasteiger partial charge on any atom is 0.232 e. The number of likely N-dealkylation sites (tertiary alicyclic amines) is 1. The van der Waals surface area contributed by atoms with Crippen LogP contribution in [0.3, 0.4) is 0 Å². The molecule has 11 heavy (non-hydrogen) atoms. The van der Waals surface area contributed by atoms with E-state index >= 15 is 0 Å². The van der Waals surface area contributed by atoms with E-state index < -0.39 is 0 Å². The van der Waals surface area contributed by atoms with E-state index in [0.29, 0.717) is 6.04 Å². The van der Waals surface area contributed by atoms with Crippen molar-refractivity contribution in [3.05, 3.63) is 12.8 Å². The number of nitrogens with zero attached hydrogens (tertiary/aromatic N) is 1. The van der Waals surface area contributed by atoms with Crippen molar-refractivity contribution >= 4 is 5.91 Å². The van der Waals surface area contributed by atoms with E-state index in [-0.39, 0.29) is 11.3 Å². The molecule has 0 radical (unpaired) electrons. The zero-order valence-electron chi connectivity index (χ0n) is 7.42. The lowest BCUT2D eigenvalue weighted by molar-refractivity contribution is -0.132. The van der Waals surface area contributed by atoms with E-state index in [1.54, 1.807) is 11.1 Å². The highest BCUT2D eigenvalue weighted by Gasteiger charge is 2.41. The first kappa shape index (κ1) is 8.31. The zero-order chi connectivity index (χ0) is 8.65. The fraction of sp³-hybridized carbons (Fsp3) is 0.667. The summed E-state index contributed by atoms with van der Waals surface area (Å²) in [5.41, 5.74) is -0.187. The third kappa shape index (κ3) is 1.17. The molecular formula is C9H15NO. The van der Waals surface area contributed by atoms with Crippen LogP contribution >= 0.6 is 0 Å². The van der Waals surface area contributed by atoms with Crippen LogP contribution in [0, 0.1) is 5.41 Å². The minimum Gasteiger partial charge on any atom is -0.316 e. The molecule has 0 spiro atoms. The Hall–Kier alpha value is -0.790. The summed E-state index contributed by atoms with van der Waals surface area (Å²) in [6.45, 7) is 9.63. The van der Waals surface area contributed by atoms with E-state index in [4.69, 9.17) is 0 Å². The Morgan fingerprint density at radius 1 is 1.73 bits per heavy atom. The average Bonchev–Trinajstić information content (AvgIpc) is 2.04. The standard InChI is InChI=1S/C9H15NO/c1-5-10-7(2)6-9(3,4)8(10)11/h5,7H,1,6H2,2-4H3. The highest BCUT2D eigenvalue weighted by molar-refractivity contribution is 5.85. The molecule has 1 heterocycles. The second-order valence-corrected chi connectivity index (χ2v) is 3.83. The number of carbonyl (C=O) groups excluding carboxylic acids is 1. The van der Waals surface area contributed by atoms with Gasteiger partial charge in [-0.05, 0) is 19.5 Å². The third-order valence-corrected chi connectivity index (χ3v) is 2.29. The van der Waals surface area contributed by atoms with Gasteiger partial charge in [-0.2, -0.15) is 0 Å². The summed E-state index contributed by atoms with van der Waals surface area (Å²) in [4.78, 5) is 13.2. The molecule has 0 bridgehead atoms. The molecule has 1 aliphatic heterocycles. The minimum atomic E-state index is -0.187. The van der Waals surface area contributed by atoms with Gasteiger partial charge in [0.15, 0.2) is 0 Å². The highest BCUT2D eigenvalue weighted by atomic mass is 16.2. The van der Waals surface area contributed by atoms with Crippen molar-refractivity contribution in [3.63, 3.8) is 0 Å². The summed E-state index contributed by atoms with van der Waals surface area (Å²) in [6.07, 6.45) is 2.56. The van der Waals surface area contributed by atoms with Crippen LogP contribution < -0.4 is 0 Å². The monoisotopic (exact) mass is 153 g/mol. The molecule has 1 unspecified atom stereocenters. The van der Waals surface area contributed by atoms with E-state index in [1.807, 2.05) is 20.8 Å². The molecule has 2 heteroatoms. The molecule has 0 aromatic rings. The molecule has 1 saturated heterocycles. The average molecular weight is 153 g/mol. The Morgan fingerprint density at radius 2 is 2.27 bits per heavy atom. The van der Waals surface area contributed by atoms with Gasteiger partial charge in [0.2, 0.25) is 5.91 Å². The van der Waals surface area contributed by atoms with Gasteiger partial charge in [-0.25, -0.2) is 0 Å². The lowest BCUT2D eigenvalue weighted by Gasteiger charge is -2.16. The Labute approximate surface area is 67.9 Å². The Bertz CT molecular complexity index is 196. The van der Waals surface area contributed by atoms with Gasteiger partial charge in [-0.3, -0.25) is 4.79 Å². The molecule has 2 nitrogen and oxygen atoms in total. The van der Waals surface area contributed by atoms with E-state index in [1.165, 1.54) is 0 Å². The van der Waals surface area contributed by atoms with Crippen molar-refractivity contribution in [1.29, 1.82) is 0 Å². The van der Waals surface area contributed by atoms with Gasteiger partial charge in [0.25, 0.3) is 0 Å². The van der Waals surface area contributed by atoms with Crippen LogP contribution in [-0.4, -0.2) is 16.8 Å². The van der Waals surface area contributed by atoms with Crippen LogP contribution in [0.5, 0.6) is 0 Å². The number of amides is 1. The van der Waals surface area contributed by atoms with Gasteiger partial charge in [-0.1, -0.05) is 20.4 Å². The molecule has 1 fully saturated rings. The molecule has 0 aromatic carbocycles. The molecular weight excluding hydrogens is 138 g/mol. The fourth-order valence-corrected chi connectivity index (χ4v) is 1.74. The summed E-state index contributed by atoms with van der Waals surface area (Å²) < 4.78 is 0. The van der Waals surface area contributed by atoms with Crippen molar-refractivity contribution < 1.29 is 4.79 Å². The quantitative estimate of drug-likeness (QED) is 0.562. The summed E-state index contributed by atoms with van der Waals surface area (Å²) in [5, 5.41) is 0. The van der Waals surface area contributed by atoms with Crippen LogP contribution in [0.4, 0.5) is 0 Å². The summed E-state index contributed by atoms with van der Waals surface area (Å²) in [5.74, 6) is 0.194. The van der Waals surface area contributed by atoms with Gasteiger partial charge in [0.1, 0.15) is 0 Å². The van der Waals surface area contributed by atoms with Crippen molar-refractivity contribution in [2.45, 2.75) is 33.2 Å². The fourth-order valence-electron chi connectivity index (χ4n) is 1.74. The lowest BCUT2D eigenvalue weighted by atomic mass is 9.90. The Kier molecular flexibility index (Phi) is 1.78. The first-order valence-electron chi connectivity index (χ1n) is 3.94. The number of carbonyl (C=O) groups is 1. The largest absolute Gasteiger partial charge is 0.316 e. The second kappa shape index (κ2) is 2.36. The van der Waals surface area contributed by atoms with Crippen molar-refractivity contribution in [2.75, 3.05) is 0 Å². The predicted molar refractivity (Wildman–Crippen MR) is 44.9 cm³/mol. The molecule has 0 aromatic heterocycles. The third-order valence-electron chi connectivity index (χ3n) is 2.29. The van der Waals surface area contributed by atoms with Crippen molar-refractivity contribution in [2.24, 2.45) is 5.41 Å². The molecule has 1 amide bonds. The molecule has 1 atom stereocenters. The second-order valence-electron chi connectivity index (χ2n) is 3.83. The number of rotatable bonds is 1. The summed E-state index contributed by atoms with van der Waals surface area (Å²) >= 11 is 0. The first-order valence-corrected chi connectivity index (χ1v) is 3.94. The topological polar surface area (TPSA) is 20.3 Å². The van der Waals surface area contributed by atoms with Crippen LogP contribution in [-0.2, 0) is 4.79 Å². The normalized spacial score (nSPS) is 29.2. The Balaban J connectivity index is 2.88. The molecule has 1 rings (SSSR count). The zero-order valence-corrected chi connectivity index (χ0v) is 7.42. The van der Waals surface area contributed by atoms with E-state index in [9.17, 15) is 4.79 Å².